The van der Waals surface area contributed by atoms with Crippen molar-refractivity contribution in [1.29, 1.82) is 10.8 Å². The number of halogens is 3. The molecule has 1 aliphatic heterocycles. The fraction of sp³-hybridized carbons (Fsp3) is 0.500. The van der Waals surface area contributed by atoms with Crippen LogP contribution >= 0.6 is 0 Å². The molecule has 0 spiro atoms. The Balaban J connectivity index is 1.55. The molecule has 1 aliphatic carbocycles. The Kier molecular flexibility index (Phi) is 10.9. The van der Waals surface area contributed by atoms with Crippen molar-refractivity contribution < 1.29 is 22.8 Å². The minimum absolute atomic E-state index is 0.0395. The van der Waals surface area contributed by atoms with E-state index < -0.39 is 29.6 Å². The number of carbonyl (C=O) groups excluding carboxylic acids is 2. The molecule has 2 unspecified atom stereocenters. The van der Waals surface area contributed by atoms with Crippen LogP contribution in [0.3, 0.4) is 0 Å². The number of nitrogens with one attached hydrogen (secondary N) is 4. The van der Waals surface area contributed by atoms with E-state index in [9.17, 15) is 22.8 Å². The first-order valence-electron chi connectivity index (χ1n) is 15.2. The number of benzene rings is 2. The van der Waals surface area contributed by atoms with Crippen molar-refractivity contribution in [3.8, 4) is 0 Å². The summed E-state index contributed by atoms with van der Waals surface area (Å²) < 4.78 is 40.9. The van der Waals surface area contributed by atoms with Crippen molar-refractivity contribution in [1.82, 2.24) is 15.5 Å². The van der Waals surface area contributed by atoms with Gasteiger partial charge in [0.05, 0.1) is 11.5 Å². The van der Waals surface area contributed by atoms with E-state index in [2.05, 4.69) is 10.6 Å². The van der Waals surface area contributed by atoms with E-state index in [1.54, 1.807) is 29.2 Å². The van der Waals surface area contributed by atoms with E-state index in [0.29, 0.717) is 30.8 Å². The zero-order valence-electron chi connectivity index (χ0n) is 24.8. The summed E-state index contributed by atoms with van der Waals surface area (Å²) in [5.74, 6) is -1.73. The highest BCUT2D eigenvalue weighted by Crippen LogP contribution is 2.33. The van der Waals surface area contributed by atoms with Gasteiger partial charge < -0.3 is 27.0 Å². The minimum Gasteiger partial charge on any atom is -0.384 e. The van der Waals surface area contributed by atoms with Crippen LogP contribution in [0.5, 0.6) is 0 Å². The summed E-state index contributed by atoms with van der Waals surface area (Å²) in [6, 6.07) is 10.6. The molecule has 0 bridgehead atoms. The monoisotopic (exact) mass is 613 g/mol. The van der Waals surface area contributed by atoms with E-state index in [-0.39, 0.29) is 41.5 Å². The van der Waals surface area contributed by atoms with Crippen LogP contribution in [0, 0.1) is 22.7 Å². The average molecular weight is 614 g/mol. The molecular formula is C32H42F3N7O2. The number of nitrogen functional groups attached to an aromatic ring is 1. The first kappa shape index (κ1) is 32.8. The number of alkyl halides is 3. The van der Waals surface area contributed by atoms with Crippen LogP contribution in [0.25, 0.3) is 0 Å². The number of hydrogen-bond donors (Lipinski definition) is 6. The number of guanidine groups is 1. The van der Waals surface area contributed by atoms with Gasteiger partial charge in [-0.15, -0.1) is 0 Å². The number of nitrogens with two attached hydrogens (primary N) is 2. The molecule has 2 fully saturated rings. The molecule has 0 radical (unpaired) electrons. The van der Waals surface area contributed by atoms with Crippen LogP contribution < -0.4 is 22.1 Å². The molecule has 2 aromatic carbocycles. The van der Waals surface area contributed by atoms with Crippen LogP contribution in [0.1, 0.15) is 73.1 Å². The van der Waals surface area contributed by atoms with Crippen LogP contribution in [-0.4, -0.2) is 54.2 Å². The topological polar surface area (TPSA) is 161 Å². The highest BCUT2D eigenvalue weighted by molar-refractivity contribution is 5.95. The van der Waals surface area contributed by atoms with Crippen molar-refractivity contribution in [3.63, 3.8) is 0 Å². The molecule has 12 heteroatoms. The van der Waals surface area contributed by atoms with E-state index in [1.165, 1.54) is 12.1 Å². The lowest BCUT2D eigenvalue weighted by atomic mass is 9.82. The number of amides is 2. The minimum atomic E-state index is -4.58. The first-order valence-corrected chi connectivity index (χ1v) is 15.2. The zero-order chi connectivity index (χ0) is 31.9. The van der Waals surface area contributed by atoms with E-state index in [0.717, 1.165) is 57.1 Å². The molecule has 238 valence electrons. The van der Waals surface area contributed by atoms with E-state index in [4.69, 9.17) is 22.3 Å². The third-order valence-electron chi connectivity index (χ3n) is 8.86. The largest absolute Gasteiger partial charge is 0.416 e. The van der Waals surface area contributed by atoms with Gasteiger partial charge >= 0.3 is 6.18 Å². The smallest absolute Gasteiger partial charge is 0.384 e. The second-order valence-corrected chi connectivity index (χ2v) is 11.9. The Labute approximate surface area is 256 Å². The molecule has 2 aliphatic rings. The molecule has 1 heterocycles. The van der Waals surface area contributed by atoms with Crippen LogP contribution in [0.4, 0.5) is 13.2 Å². The number of piperidine rings is 1. The molecule has 2 atom stereocenters. The highest BCUT2D eigenvalue weighted by atomic mass is 19.4. The molecule has 44 heavy (non-hydrogen) atoms. The van der Waals surface area contributed by atoms with Crippen LogP contribution in [0.2, 0.25) is 0 Å². The van der Waals surface area contributed by atoms with Crippen molar-refractivity contribution in [2.45, 2.75) is 69.5 Å². The predicted molar refractivity (Wildman–Crippen MR) is 163 cm³/mol. The number of hydrogen-bond acceptors (Lipinski definition) is 4. The third kappa shape index (κ3) is 8.73. The number of likely N-dealkylation sites (tertiary alicyclic amines) is 1. The lowest BCUT2D eigenvalue weighted by Gasteiger charge is -2.34. The third-order valence-corrected chi connectivity index (χ3v) is 8.86. The van der Waals surface area contributed by atoms with Gasteiger partial charge in [0.15, 0.2) is 5.96 Å². The van der Waals surface area contributed by atoms with Gasteiger partial charge in [0, 0.05) is 25.2 Å². The van der Waals surface area contributed by atoms with Gasteiger partial charge in [-0.25, -0.2) is 0 Å². The van der Waals surface area contributed by atoms with Crippen molar-refractivity contribution in [3.05, 3.63) is 70.8 Å². The summed E-state index contributed by atoms with van der Waals surface area (Å²) in [6.45, 7) is 1.72. The zero-order valence-corrected chi connectivity index (χ0v) is 24.8. The van der Waals surface area contributed by atoms with Gasteiger partial charge in [0.2, 0.25) is 11.8 Å². The molecule has 9 nitrogen and oxygen atoms in total. The van der Waals surface area contributed by atoms with Crippen molar-refractivity contribution in [2.24, 2.45) is 23.3 Å². The SMILES string of the molecule is N=C(N)c1ccc(CC(C(=O)NC(C(=O)NCC2CCN(C(=N)N)CC2)C2CCCCC2)c2cccc(C(F)(F)F)c2)cc1. The molecule has 4 rings (SSSR count). The van der Waals surface area contributed by atoms with Crippen LogP contribution in [0.15, 0.2) is 48.5 Å². The van der Waals surface area contributed by atoms with E-state index >= 15 is 0 Å². The fourth-order valence-corrected chi connectivity index (χ4v) is 6.20. The van der Waals surface area contributed by atoms with Crippen molar-refractivity contribution >= 4 is 23.6 Å². The number of rotatable bonds is 10. The highest BCUT2D eigenvalue weighted by Gasteiger charge is 2.35. The molecular weight excluding hydrogens is 571 g/mol. The molecule has 2 aromatic rings. The molecule has 8 N–H and O–H groups in total. The number of amidine groups is 1. The number of nitrogens with zero attached hydrogens (tertiary/aromatic N) is 1. The maximum atomic E-state index is 14.0. The normalized spacial score (nSPS) is 17.8. The Bertz CT molecular complexity index is 1320. The number of carbonyl (C=O) groups is 2. The van der Waals surface area contributed by atoms with Gasteiger partial charge in [-0.2, -0.15) is 13.2 Å². The van der Waals surface area contributed by atoms with Crippen LogP contribution in [-0.2, 0) is 22.2 Å². The maximum absolute atomic E-state index is 14.0. The van der Waals surface area contributed by atoms with Gasteiger partial charge in [0.25, 0.3) is 0 Å². The standard InChI is InChI=1S/C32H42F3N7O2/c33-32(34,35)25-8-4-7-24(18-25)26(17-20-9-11-23(12-10-20)28(36)37)29(43)41-27(22-5-2-1-3-6-22)30(44)40-19-21-13-15-42(16-14-21)31(38)39/h4,7-12,18,21-22,26-27H,1-3,5-6,13-17,19H2,(H3,36,37)(H3,38,39)(H,40,44)(H,41,43). The first-order chi connectivity index (χ1) is 20.9. The van der Waals surface area contributed by atoms with Gasteiger partial charge in [0.1, 0.15) is 11.9 Å². The molecule has 0 aromatic heterocycles. The summed E-state index contributed by atoms with van der Waals surface area (Å²) in [4.78, 5) is 29.4. The predicted octanol–water partition coefficient (Wildman–Crippen LogP) is 4.10. The second-order valence-electron chi connectivity index (χ2n) is 11.9. The van der Waals surface area contributed by atoms with E-state index in [1.807, 2.05) is 0 Å². The molecule has 1 saturated carbocycles. The summed E-state index contributed by atoms with van der Waals surface area (Å²) in [6.07, 6.45) is 1.55. The average Bonchev–Trinajstić information content (AvgIpc) is 3.01. The van der Waals surface area contributed by atoms with Gasteiger partial charge in [-0.3, -0.25) is 20.4 Å². The second kappa shape index (κ2) is 14.6. The molecule has 2 amide bonds. The Hall–Kier alpha value is -4.09. The Morgan fingerprint density at radius 2 is 1.59 bits per heavy atom. The fourth-order valence-electron chi connectivity index (χ4n) is 6.20. The lowest BCUT2D eigenvalue weighted by molar-refractivity contribution is -0.137. The summed E-state index contributed by atoms with van der Waals surface area (Å²) in [5, 5.41) is 21.2. The Morgan fingerprint density at radius 3 is 2.18 bits per heavy atom. The van der Waals surface area contributed by atoms with Gasteiger partial charge in [-0.1, -0.05) is 61.7 Å². The molecule has 1 saturated heterocycles. The Morgan fingerprint density at radius 1 is 0.932 bits per heavy atom. The van der Waals surface area contributed by atoms with Crippen molar-refractivity contribution in [2.75, 3.05) is 19.6 Å². The summed E-state index contributed by atoms with van der Waals surface area (Å²) >= 11 is 0. The quantitative estimate of drug-likeness (QED) is 0.175. The van der Waals surface area contributed by atoms with Gasteiger partial charge in [-0.05, 0) is 61.1 Å². The maximum Gasteiger partial charge on any atom is 0.416 e. The summed E-state index contributed by atoms with van der Waals surface area (Å²) in [7, 11) is 0. The summed E-state index contributed by atoms with van der Waals surface area (Å²) in [5.41, 5.74) is 11.7. The lowest BCUT2D eigenvalue weighted by Crippen LogP contribution is -2.53.